The van der Waals surface area contributed by atoms with E-state index in [4.69, 9.17) is 4.74 Å². The van der Waals surface area contributed by atoms with Crippen molar-refractivity contribution < 1.29 is 9.53 Å². The van der Waals surface area contributed by atoms with Crippen molar-refractivity contribution in [2.45, 2.75) is 25.4 Å². The summed E-state index contributed by atoms with van der Waals surface area (Å²) in [5.41, 5.74) is 1.83. The molecule has 1 aliphatic rings. The van der Waals surface area contributed by atoms with Gasteiger partial charge in [0.1, 0.15) is 6.10 Å². The third kappa shape index (κ3) is 2.40. The minimum atomic E-state index is -0.185. The summed E-state index contributed by atoms with van der Waals surface area (Å²) in [6.07, 6.45) is 2.99. The number of esters is 1. The highest BCUT2D eigenvalue weighted by atomic mass is 79.9. The van der Waals surface area contributed by atoms with Gasteiger partial charge in [-0.1, -0.05) is 34.1 Å². The highest BCUT2D eigenvalue weighted by Gasteiger charge is 2.20. The van der Waals surface area contributed by atoms with Gasteiger partial charge in [-0.05, 0) is 30.9 Å². The first-order valence-electron chi connectivity index (χ1n) is 5.16. The van der Waals surface area contributed by atoms with Crippen LogP contribution in [0.5, 0.6) is 0 Å². The number of hydrogen-bond acceptors (Lipinski definition) is 2. The van der Waals surface area contributed by atoms with Crippen molar-refractivity contribution in [3.05, 3.63) is 35.4 Å². The second-order valence-corrected chi connectivity index (χ2v) is 4.38. The molecule has 1 heterocycles. The van der Waals surface area contributed by atoms with E-state index in [0.717, 1.165) is 35.7 Å². The van der Waals surface area contributed by atoms with Gasteiger partial charge in [0.25, 0.3) is 0 Å². The molecule has 1 aromatic carbocycles. The second kappa shape index (κ2) is 4.79. The largest absolute Gasteiger partial charge is 0.458 e. The lowest BCUT2D eigenvalue weighted by atomic mass is 9.99. The van der Waals surface area contributed by atoms with Crippen molar-refractivity contribution >= 4 is 21.9 Å². The summed E-state index contributed by atoms with van der Waals surface area (Å²) >= 11 is 3.36. The van der Waals surface area contributed by atoms with Gasteiger partial charge in [0.15, 0.2) is 0 Å². The average molecular weight is 269 g/mol. The summed E-state index contributed by atoms with van der Waals surface area (Å²) < 4.78 is 5.38. The van der Waals surface area contributed by atoms with E-state index in [1.165, 1.54) is 0 Å². The van der Waals surface area contributed by atoms with E-state index < -0.39 is 0 Å². The van der Waals surface area contributed by atoms with Gasteiger partial charge in [0, 0.05) is 5.33 Å². The molecule has 1 unspecified atom stereocenters. The normalized spacial score (nSPS) is 21.1. The van der Waals surface area contributed by atoms with Crippen LogP contribution < -0.4 is 0 Å². The molecular weight excluding hydrogens is 256 g/mol. The molecule has 1 aliphatic heterocycles. The average Bonchev–Trinajstić information content (AvgIpc) is 2.25. The minimum Gasteiger partial charge on any atom is -0.458 e. The van der Waals surface area contributed by atoms with E-state index in [1.54, 1.807) is 0 Å². The highest BCUT2D eigenvalue weighted by molar-refractivity contribution is 9.09. The molecule has 0 radical (unpaired) electrons. The highest BCUT2D eigenvalue weighted by Crippen LogP contribution is 2.20. The molecule has 0 aliphatic carbocycles. The van der Waals surface area contributed by atoms with Crippen LogP contribution in [0.1, 0.15) is 28.8 Å². The first-order valence-corrected chi connectivity index (χ1v) is 6.28. The van der Waals surface area contributed by atoms with Crippen molar-refractivity contribution in [3.8, 4) is 0 Å². The molecular formula is C12H13BrO2. The smallest absolute Gasteiger partial charge is 0.338 e. The van der Waals surface area contributed by atoms with Gasteiger partial charge < -0.3 is 4.74 Å². The monoisotopic (exact) mass is 268 g/mol. The lowest BCUT2D eigenvalue weighted by molar-refractivity contribution is 0.0322. The van der Waals surface area contributed by atoms with Crippen LogP contribution in [-0.4, -0.2) is 17.4 Å². The van der Waals surface area contributed by atoms with Crippen LogP contribution in [-0.2, 0) is 11.2 Å². The van der Waals surface area contributed by atoms with Gasteiger partial charge in [-0.3, -0.25) is 0 Å². The summed E-state index contributed by atoms with van der Waals surface area (Å²) in [5.74, 6) is -0.185. The molecule has 0 saturated carbocycles. The van der Waals surface area contributed by atoms with Crippen molar-refractivity contribution in [2.75, 3.05) is 5.33 Å². The Morgan fingerprint density at radius 3 is 3.00 bits per heavy atom. The maximum atomic E-state index is 11.8. The SMILES string of the molecule is O=C1OC(CBr)CCCc2ccccc21. The zero-order valence-corrected chi connectivity index (χ0v) is 10.00. The Kier molecular flexibility index (Phi) is 3.41. The molecule has 0 fully saturated rings. The van der Waals surface area contributed by atoms with Gasteiger partial charge in [0.2, 0.25) is 0 Å². The Bertz CT molecular complexity index is 362. The number of cyclic esters (lactones) is 1. The molecule has 3 heteroatoms. The van der Waals surface area contributed by atoms with Crippen LogP contribution in [0.25, 0.3) is 0 Å². The molecule has 0 N–H and O–H groups in total. The molecule has 0 spiro atoms. The first-order chi connectivity index (χ1) is 7.31. The molecule has 15 heavy (non-hydrogen) atoms. The van der Waals surface area contributed by atoms with Gasteiger partial charge in [0.05, 0.1) is 5.56 Å². The topological polar surface area (TPSA) is 26.3 Å². The van der Waals surface area contributed by atoms with Crippen LogP contribution in [0.2, 0.25) is 0 Å². The van der Waals surface area contributed by atoms with Crippen LogP contribution in [0, 0.1) is 0 Å². The van der Waals surface area contributed by atoms with E-state index in [2.05, 4.69) is 15.9 Å². The first kappa shape index (κ1) is 10.7. The summed E-state index contributed by atoms with van der Waals surface area (Å²) in [4.78, 5) is 11.8. The summed E-state index contributed by atoms with van der Waals surface area (Å²) in [6, 6.07) is 7.69. The number of carbonyl (C=O) groups excluding carboxylic acids is 1. The summed E-state index contributed by atoms with van der Waals surface area (Å²) in [6.45, 7) is 0. The maximum Gasteiger partial charge on any atom is 0.338 e. The predicted octanol–water partition coefficient (Wildman–Crippen LogP) is 2.94. The summed E-state index contributed by atoms with van der Waals surface area (Å²) in [5, 5.41) is 0.723. The quantitative estimate of drug-likeness (QED) is 0.578. The van der Waals surface area contributed by atoms with Crippen molar-refractivity contribution in [1.82, 2.24) is 0 Å². The lowest BCUT2D eigenvalue weighted by Crippen LogP contribution is -2.23. The zero-order chi connectivity index (χ0) is 10.7. The van der Waals surface area contributed by atoms with Crippen molar-refractivity contribution in [3.63, 3.8) is 0 Å². The fraction of sp³-hybridized carbons (Fsp3) is 0.417. The van der Waals surface area contributed by atoms with Crippen molar-refractivity contribution in [2.24, 2.45) is 0 Å². The molecule has 2 nitrogen and oxygen atoms in total. The molecule has 2 rings (SSSR count). The molecule has 80 valence electrons. The Balaban J connectivity index is 2.27. The number of rotatable bonds is 1. The van der Waals surface area contributed by atoms with Gasteiger partial charge in [-0.2, -0.15) is 0 Å². The van der Waals surface area contributed by atoms with Gasteiger partial charge in [-0.15, -0.1) is 0 Å². The standard InChI is InChI=1S/C12H13BrO2/c13-8-10-6-3-5-9-4-1-2-7-11(9)12(14)15-10/h1-2,4,7,10H,3,5-6,8H2. The van der Waals surface area contributed by atoms with Gasteiger partial charge >= 0.3 is 5.97 Å². The lowest BCUT2D eigenvalue weighted by Gasteiger charge is -2.20. The predicted molar refractivity (Wildman–Crippen MR) is 62.4 cm³/mol. The Hall–Kier alpha value is -0.830. The third-order valence-corrected chi connectivity index (χ3v) is 3.38. The number of fused-ring (bicyclic) bond motifs is 1. The van der Waals surface area contributed by atoms with Crippen LogP contribution in [0.4, 0.5) is 0 Å². The number of halogens is 1. The Morgan fingerprint density at radius 1 is 1.40 bits per heavy atom. The molecule has 1 atom stereocenters. The number of alkyl halides is 1. The Labute approximate surface area is 97.8 Å². The number of aryl methyl sites for hydroxylation is 1. The molecule has 1 aromatic rings. The molecule has 0 amide bonds. The van der Waals surface area contributed by atoms with E-state index in [1.807, 2.05) is 24.3 Å². The second-order valence-electron chi connectivity index (χ2n) is 3.73. The van der Waals surface area contributed by atoms with E-state index in [-0.39, 0.29) is 12.1 Å². The minimum absolute atomic E-state index is 0.0193. The molecule has 0 bridgehead atoms. The van der Waals surface area contributed by atoms with Crippen LogP contribution >= 0.6 is 15.9 Å². The number of carbonyl (C=O) groups is 1. The van der Waals surface area contributed by atoms with Crippen LogP contribution in [0.3, 0.4) is 0 Å². The van der Waals surface area contributed by atoms with Crippen LogP contribution in [0.15, 0.2) is 24.3 Å². The summed E-state index contributed by atoms with van der Waals surface area (Å²) in [7, 11) is 0. The number of hydrogen-bond donors (Lipinski definition) is 0. The zero-order valence-electron chi connectivity index (χ0n) is 8.41. The number of ether oxygens (including phenoxy) is 1. The maximum absolute atomic E-state index is 11.8. The van der Waals surface area contributed by atoms with Crippen molar-refractivity contribution in [1.29, 1.82) is 0 Å². The molecule has 0 saturated heterocycles. The van der Waals surface area contributed by atoms with Gasteiger partial charge in [-0.25, -0.2) is 4.79 Å². The Morgan fingerprint density at radius 2 is 2.20 bits per heavy atom. The van der Waals surface area contributed by atoms with E-state index >= 15 is 0 Å². The number of benzene rings is 1. The fourth-order valence-corrected chi connectivity index (χ4v) is 2.30. The third-order valence-electron chi connectivity index (χ3n) is 2.66. The van der Waals surface area contributed by atoms with E-state index in [9.17, 15) is 4.79 Å². The molecule has 0 aromatic heterocycles. The van der Waals surface area contributed by atoms with E-state index in [0.29, 0.717) is 0 Å². The fourth-order valence-electron chi connectivity index (χ4n) is 1.84.